The number of ether oxygens (including phenoxy) is 2. The van der Waals surface area contributed by atoms with Crippen molar-refractivity contribution in [2.45, 2.75) is 0 Å². The lowest BCUT2D eigenvalue weighted by Gasteiger charge is -2.05. The number of imidazole rings is 2. The van der Waals surface area contributed by atoms with E-state index in [2.05, 4.69) is 73.6 Å². The predicted molar refractivity (Wildman–Crippen MR) is 147 cm³/mol. The van der Waals surface area contributed by atoms with E-state index in [0.29, 0.717) is 0 Å². The average Bonchev–Trinajstić information content (AvgIpc) is 3.55. The number of rotatable bonds is 4. The van der Waals surface area contributed by atoms with Crippen molar-refractivity contribution in [1.82, 2.24) is 18.8 Å². The smallest absolute Gasteiger partial charge is 0.137 e. The molecule has 0 unspecified atom stereocenters. The van der Waals surface area contributed by atoms with Gasteiger partial charge < -0.3 is 13.9 Å². The Bertz CT molecular complexity index is 1610. The fourth-order valence-corrected chi connectivity index (χ4v) is 4.34. The number of aromatic nitrogens is 4. The minimum Gasteiger partial charge on any atom is -0.497 e. The molecule has 6 nitrogen and oxygen atoms in total. The van der Waals surface area contributed by atoms with E-state index < -0.39 is 0 Å². The summed E-state index contributed by atoms with van der Waals surface area (Å²) in [7, 11) is 3.36. The first-order valence-electron chi connectivity index (χ1n) is 11.0. The summed E-state index contributed by atoms with van der Waals surface area (Å²) >= 11 is 2.28. The Labute approximate surface area is 217 Å². The van der Waals surface area contributed by atoms with Gasteiger partial charge in [-0.1, -0.05) is 24.3 Å². The van der Waals surface area contributed by atoms with Crippen molar-refractivity contribution in [2.24, 2.45) is 0 Å². The van der Waals surface area contributed by atoms with Crippen molar-refractivity contribution >= 4 is 33.9 Å². The molecule has 7 heteroatoms. The number of hydrogen-bond acceptors (Lipinski definition) is 4. The van der Waals surface area contributed by atoms with Crippen molar-refractivity contribution in [2.75, 3.05) is 14.2 Å². The van der Waals surface area contributed by atoms with Crippen LogP contribution < -0.4 is 9.47 Å². The molecule has 0 aliphatic heterocycles. The second-order valence-electron chi connectivity index (χ2n) is 7.80. The Kier molecular flexibility index (Phi) is 6.67. The number of pyridine rings is 2. The second-order valence-corrected chi connectivity index (χ2v) is 8.91. The molecular formula is C28H23IN4O2. The van der Waals surface area contributed by atoms with E-state index in [9.17, 15) is 0 Å². The highest BCUT2D eigenvalue weighted by Gasteiger charge is 2.04. The Morgan fingerprint density at radius 3 is 1.97 bits per heavy atom. The molecule has 0 fully saturated rings. The summed E-state index contributed by atoms with van der Waals surface area (Å²) in [5, 5.41) is 0. The number of halogens is 1. The van der Waals surface area contributed by atoms with Crippen LogP contribution in [0.1, 0.15) is 0 Å². The Hall–Kier alpha value is -3.85. The molecule has 0 aliphatic carbocycles. The molecule has 0 saturated heterocycles. The van der Waals surface area contributed by atoms with E-state index in [0.717, 1.165) is 48.7 Å². The van der Waals surface area contributed by atoms with Gasteiger partial charge in [-0.2, -0.15) is 0 Å². The largest absolute Gasteiger partial charge is 0.497 e. The molecule has 0 saturated carbocycles. The highest BCUT2D eigenvalue weighted by Crippen LogP contribution is 2.25. The van der Waals surface area contributed by atoms with Gasteiger partial charge in [-0.3, -0.25) is 4.40 Å². The van der Waals surface area contributed by atoms with Crippen LogP contribution in [-0.2, 0) is 0 Å². The summed E-state index contributed by atoms with van der Waals surface area (Å²) in [6, 6.07) is 24.3. The molecule has 35 heavy (non-hydrogen) atoms. The maximum atomic E-state index is 5.25. The minimum atomic E-state index is 0.868. The highest BCUT2D eigenvalue weighted by atomic mass is 127. The van der Waals surface area contributed by atoms with Gasteiger partial charge in [0.15, 0.2) is 0 Å². The molecule has 0 N–H and O–H groups in total. The molecule has 6 aromatic rings. The lowest BCUT2D eigenvalue weighted by molar-refractivity contribution is 0.415. The zero-order valence-electron chi connectivity index (χ0n) is 19.3. The molecule has 0 atom stereocenters. The van der Waals surface area contributed by atoms with Crippen molar-refractivity contribution in [1.29, 1.82) is 0 Å². The third-order valence-electron chi connectivity index (χ3n) is 5.66. The molecule has 4 heterocycles. The number of nitrogens with zero attached hydrogens (tertiary/aromatic N) is 4. The molecule has 4 aromatic heterocycles. The molecular weight excluding hydrogens is 551 g/mol. The number of benzene rings is 2. The molecule has 0 amide bonds. The summed E-state index contributed by atoms with van der Waals surface area (Å²) < 4.78 is 15.7. The van der Waals surface area contributed by atoms with Crippen LogP contribution in [-0.4, -0.2) is 33.0 Å². The maximum Gasteiger partial charge on any atom is 0.137 e. The van der Waals surface area contributed by atoms with Crippen LogP contribution in [0.3, 0.4) is 0 Å². The first kappa shape index (κ1) is 22.9. The summed E-state index contributed by atoms with van der Waals surface area (Å²) in [5.41, 5.74) is 6.50. The summed E-state index contributed by atoms with van der Waals surface area (Å²) in [4.78, 5) is 8.54. The third kappa shape index (κ3) is 5.00. The van der Waals surface area contributed by atoms with Gasteiger partial charge in [0, 0.05) is 24.8 Å². The molecule has 6 rings (SSSR count). The summed E-state index contributed by atoms with van der Waals surface area (Å²) in [5.74, 6) is 1.74. The van der Waals surface area contributed by atoms with Crippen molar-refractivity contribution < 1.29 is 9.47 Å². The lowest BCUT2D eigenvalue weighted by atomic mass is 10.1. The van der Waals surface area contributed by atoms with E-state index in [-0.39, 0.29) is 0 Å². The standard InChI is InChI=1S/C14H11IN2O.C14H12N2O/c1-18-12-4-2-3-10(7-12)11-5-6-14-16-8-13(15)17(14)9-11;1-17-13-4-2-3-11(9-13)12-5-6-14-15-7-8-16(14)10-12/h2-9H,1H3;2-10H,1H3. The maximum absolute atomic E-state index is 5.25. The highest BCUT2D eigenvalue weighted by molar-refractivity contribution is 14.1. The first-order chi connectivity index (χ1) is 17.1. The fourth-order valence-electron chi connectivity index (χ4n) is 3.82. The molecule has 0 aliphatic rings. The third-order valence-corrected chi connectivity index (χ3v) is 6.45. The quantitative estimate of drug-likeness (QED) is 0.222. The molecule has 0 bridgehead atoms. The Morgan fingerprint density at radius 1 is 0.686 bits per heavy atom. The molecule has 0 radical (unpaired) electrons. The lowest BCUT2D eigenvalue weighted by Crippen LogP contribution is -1.89. The van der Waals surface area contributed by atoms with Crippen LogP contribution in [0.4, 0.5) is 0 Å². The van der Waals surface area contributed by atoms with E-state index in [1.807, 2.05) is 65.3 Å². The van der Waals surface area contributed by atoms with Crippen LogP contribution >= 0.6 is 22.6 Å². The van der Waals surface area contributed by atoms with Crippen LogP contribution in [0, 0.1) is 3.70 Å². The van der Waals surface area contributed by atoms with Gasteiger partial charge in [-0.05, 0) is 93.4 Å². The number of methoxy groups -OCH3 is 2. The zero-order chi connectivity index (χ0) is 24.2. The topological polar surface area (TPSA) is 53.1 Å². The van der Waals surface area contributed by atoms with Gasteiger partial charge in [0.05, 0.1) is 20.4 Å². The summed E-state index contributed by atoms with van der Waals surface area (Å²) in [6.07, 6.45) is 9.77. The van der Waals surface area contributed by atoms with Gasteiger partial charge in [0.2, 0.25) is 0 Å². The van der Waals surface area contributed by atoms with Crippen LogP contribution in [0.25, 0.3) is 33.5 Å². The molecule has 2 aromatic carbocycles. The van der Waals surface area contributed by atoms with Gasteiger partial charge in [0.1, 0.15) is 26.5 Å². The average molecular weight is 574 g/mol. The van der Waals surface area contributed by atoms with Crippen LogP contribution in [0.2, 0.25) is 0 Å². The van der Waals surface area contributed by atoms with Gasteiger partial charge in [-0.25, -0.2) is 9.97 Å². The van der Waals surface area contributed by atoms with Crippen LogP contribution in [0.5, 0.6) is 11.5 Å². The number of fused-ring (bicyclic) bond motifs is 2. The Morgan fingerprint density at radius 2 is 1.31 bits per heavy atom. The van der Waals surface area contributed by atoms with E-state index in [1.165, 1.54) is 0 Å². The second kappa shape index (κ2) is 10.2. The van der Waals surface area contributed by atoms with E-state index in [1.54, 1.807) is 20.4 Å². The fraction of sp³-hybridized carbons (Fsp3) is 0.0714. The Balaban J connectivity index is 0.000000145. The van der Waals surface area contributed by atoms with Gasteiger partial charge in [0.25, 0.3) is 0 Å². The molecule has 174 valence electrons. The number of hydrogen-bond donors (Lipinski definition) is 0. The normalized spacial score (nSPS) is 10.7. The van der Waals surface area contributed by atoms with Gasteiger partial charge >= 0.3 is 0 Å². The summed E-state index contributed by atoms with van der Waals surface area (Å²) in [6.45, 7) is 0. The van der Waals surface area contributed by atoms with Gasteiger partial charge in [-0.15, -0.1) is 0 Å². The van der Waals surface area contributed by atoms with Crippen molar-refractivity contribution in [3.63, 3.8) is 0 Å². The predicted octanol–water partition coefficient (Wildman–Crippen LogP) is 6.62. The monoisotopic (exact) mass is 574 g/mol. The van der Waals surface area contributed by atoms with E-state index in [4.69, 9.17) is 9.47 Å². The minimum absolute atomic E-state index is 0.868. The molecule has 0 spiro atoms. The van der Waals surface area contributed by atoms with Crippen LogP contribution in [0.15, 0.2) is 104 Å². The zero-order valence-corrected chi connectivity index (χ0v) is 21.5. The van der Waals surface area contributed by atoms with Crippen molar-refractivity contribution in [3.8, 4) is 33.8 Å². The SMILES string of the molecule is COc1cccc(-c2ccc3ncc(I)n3c2)c1.COc1cccc(-c2ccc3nccn3c2)c1. The first-order valence-corrected chi connectivity index (χ1v) is 12.1. The van der Waals surface area contributed by atoms with Crippen molar-refractivity contribution in [3.05, 3.63) is 107 Å². The van der Waals surface area contributed by atoms with E-state index >= 15 is 0 Å².